The summed E-state index contributed by atoms with van der Waals surface area (Å²) < 4.78 is 0. The minimum Gasteiger partial charge on any atom is -0.378 e. The lowest BCUT2D eigenvalue weighted by atomic mass is 10.2. The van der Waals surface area contributed by atoms with E-state index in [0.717, 1.165) is 22.9 Å². The molecule has 2 aromatic carbocycles. The molecule has 1 heterocycles. The predicted molar refractivity (Wildman–Crippen MR) is 101 cm³/mol. The zero-order chi connectivity index (χ0) is 16.9. The van der Waals surface area contributed by atoms with Crippen LogP contribution in [0.2, 0.25) is 5.02 Å². The van der Waals surface area contributed by atoms with Crippen LogP contribution in [-0.4, -0.2) is 24.1 Å². The Labute approximate surface area is 146 Å². The second kappa shape index (κ2) is 7.19. The van der Waals surface area contributed by atoms with Crippen LogP contribution in [0.15, 0.2) is 60.9 Å². The summed E-state index contributed by atoms with van der Waals surface area (Å²) >= 11 is 5.89. The minimum absolute atomic E-state index is 0.701. The molecule has 0 spiro atoms. The van der Waals surface area contributed by atoms with Gasteiger partial charge in [0.15, 0.2) is 0 Å². The Balaban J connectivity index is 1.71. The first-order valence-corrected chi connectivity index (χ1v) is 7.87. The maximum absolute atomic E-state index is 5.89. The monoisotopic (exact) mass is 339 g/mol. The quantitative estimate of drug-likeness (QED) is 0.706. The molecule has 6 heteroatoms. The first kappa shape index (κ1) is 16.1. The van der Waals surface area contributed by atoms with Gasteiger partial charge in [0.2, 0.25) is 0 Å². The largest absolute Gasteiger partial charge is 0.378 e. The van der Waals surface area contributed by atoms with Gasteiger partial charge in [-0.1, -0.05) is 11.6 Å². The SMILES string of the molecule is CN(C)c1ccc(Nc2cc(Nc3ccc(Cl)cc3)ncn2)cc1. The second-order valence-electron chi connectivity index (χ2n) is 5.49. The van der Waals surface area contributed by atoms with Crippen molar-refractivity contribution in [2.45, 2.75) is 0 Å². The van der Waals surface area contributed by atoms with E-state index in [1.807, 2.05) is 56.6 Å². The highest BCUT2D eigenvalue weighted by atomic mass is 35.5. The van der Waals surface area contributed by atoms with Gasteiger partial charge in [0, 0.05) is 42.2 Å². The summed E-state index contributed by atoms with van der Waals surface area (Å²) in [7, 11) is 4.03. The lowest BCUT2D eigenvalue weighted by molar-refractivity contribution is 1.13. The van der Waals surface area contributed by atoms with E-state index in [1.165, 1.54) is 6.33 Å². The Kier molecular flexibility index (Phi) is 4.82. The molecule has 1 aromatic heterocycles. The lowest BCUT2D eigenvalue weighted by Crippen LogP contribution is -2.08. The molecule has 0 saturated heterocycles. The molecule has 0 radical (unpaired) electrons. The normalized spacial score (nSPS) is 10.3. The summed E-state index contributed by atoms with van der Waals surface area (Å²) in [6.07, 6.45) is 1.52. The summed E-state index contributed by atoms with van der Waals surface area (Å²) in [6, 6.07) is 17.5. The van der Waals surface area contributed by atoms with Gasteiger partial charge in [0.05, 0.1) is 0 Å². The molecule has 0 saturated carbocycles. The van der Waals surface area contributed by atoms with Crippen molar-refractivity contribution in [3.63, 3.8) is 0 Å². The third kappa shape index (κ3) is 4.14. The average Bonchev–Trinajstić information content (AvgIpc) is 2.58. The van der Waals surface area contributed by atoms with Gasteiger partial charge in [0.25, 0.3) is 0 Å². The van der Waals surface area contributed by atoms with E-state index < -0.39 is 0 Å². The van der Waals surface area contributed by atoms with Crippen molar-refractivity contribution in [2.24, 2.45) is 0 Å². The van der Waals surface area contributed by atoms with Crippen molar-refractivity contribution in [2.75, 3.05) is 29.6 Å². The molecule has 0 aliphatic carbocycles. The number of halogens is 1. The van der Waals surface area contributed by atoms with E-state index in [0.29, 0.717) is 10.8 Å². The topological polar surface area (TPSA) is 53.1 Å². The standard InChI is InChI=1S/C18H18ClN5/c1-24(2)16-9-7-15(8-10-16)23-18-11-17(20-12-21-18)22-14-5-3-13(19)4-6-14/h3-12H,1-2H3,(H2,20,21,22,23). The van der Waals surface area contributed by atoms with E-state index in [-0.39, 0.29) is 0 Å². The van der Waals surface area contributed by atoms with Gasteiger partial charge < -0.3 is 15.5 Å². The molecule has 0 aliphatic heterocycles. The molecule has 5 nitrogen and oxygen atoms in total. The number of nitrogens with zero attached hydrogens (tertiary/aromatic N) is 3. The molecule has 0 amide bonds. The van der Waals surface area contributed by atoms with Crippen LogP contribution in [0.5, 0.6) is 0 Å². The van der Waals surface area contributed by atoms with E-state index >= 15 is 0 Å². The van der Waals surface area contributed by atoms with Crippen molar-refractivity contribution >= 4 is 40.3 Å². The summed E-state index contributed by atoms with van der Waals surface area (Å²) in [5, 5.41) is 7.20. The first-order chi connectivity index (χ1) is 11.6. The Morgan fingerprint density at radius 2 is 1.29 bits per heavy atom. The van der Waals surface area contributed by atoms with Crippen molar-refractivity contribution < 1.29 is 0 Å². The van der Waals surface area contributed by atoms with E-state index in [4.69, 9.17) is 11.6 Å². The van der Waals surface area contributed by atoms with Gasteiger partial charge in [-0.3, -0.25) is 0 Å². The van der Waals surface area contributed by atoms with Crippen molar-refractivity contribution in [1.29, 1.82) is 0 Å². The molecular weight excluding hydrogens is 322 g/mol. The molecule has 0 aliphatic rings. The maximum Gasteiger partial charge on any atom is 0.135 e. The summed E-state index contributed by atoms with van der Waals surface area (Å²) in [4.78, 5) is 10.5. The highest BCUT2D eigenvalue weighted by Gasteiger charge is 2.02. The van der Waals surface area contributed by atoms with E-state index in [2.05, 4.69) is 37.6 Å². The maximum atomic E-state index is 5.89. The lowest BCUT2D eigenvalue weighted by Gasteiger charge is -2.13. The number of benzene rings is 2. The molecule has 0 bridgehead atoms. The minimum atomic E-state index is 0.701. The van der Waals surface area contributed by atoms with Crippen molar-refractivity contribution in [3.05, 3.63) is 65.9 Å². The molecule has 2 N–H and O–H groups in total. The van der Waals surface area contributed by atoms with E-state index in [9.17, 15) is 0 Å². The van der Waals surface area contributed by atoms with Crippen LogP contribution in [0.1, 0.15) is 0 Å². The third-order valence-corrected chi connectivity index (χ3v) is 3.69. The van der Waals surface area contributed by atoms with Gasteiger partial charge in [-0.05, 0) is 48.5 Å². The second-order valence-corrected chi connectivity index (χ2v) is 5.92. The zero-order valence-electron chi connectivity index (χ0n) is 13.5. The Hall–Kier alpha value is -2.79. The van der Waals surface area contributed by atoms with Crippen LogP contribution in [0.4, 0.5) is 28.7 Å². The highest BCUT2D eigenvalue weighted by molar-refractivity contribution is 6.30. The molecule has 3 aromatic rings. The smallest absolute Gasteiger partial charge is 0.135 e. The molecule has 24 heavy (non-hydrogen) atoms. The molecule has 0 unspecified atom stereocenters. The van der Waals surface area contributed by atoms with Gasteiger partial charge in [-0.2, -0.15) is 0 Å². The van der Waals surface area contributed by atoms with Crippen LogP contribution >= 0.6 is 11.6 Å². The number of anilines is 5. The fourth-order valence-corrected chi connectivity index (χ4v) is 2.29. The third-order valence-electron chi connectivity index (χ3n) is 3.44. The highest BCUT2D eigenvalue weighted by Crippen LogP contribution is 2.22. The Morgan fingerprint density at radius 3 is 1.79 bits per heavy atom. The predicted octanol–water partition coefficient (Wildman–Crippen LogP) is 4.68. The van der Waals surface area contributed by atoms with Gasteiger partial charge in [-0.15, -0.1) is 0 Å². The van der Waals surface area contributed by atoms with Crippen LogP contribution in [0, 0.1) is 0 Å². The van der Waals surface area contributed by atoms with Crippen LogP contribution in [-0.2, 0) is 0 Å². The molecule has 122 valence electrons. The number of aromatic nitrogens is 2. The van der Waals surface area contributed by atoms with Gasteiger partial charge >= 0.3 is 0 Å². The Bertz CT molecular complexity index is 800. The average molecular weight is 340 g/mol. The molecule has 0 atom stereocenters. The van der Waals surface area contributed by atoms with Crippen LogP contribution < -0.4 is 15.5 Å². The fraction of sp³-hybridized carbons (Fsp3) is 0.111. The number of hydrogen-bond acceptors (Lipinski definition) is 5. The summed E-state index contributed by atoms with van der Waals surface area (Å²) in [5.41, 5.74) is 3.03. The molecule has 3 rings (SSSR count). The van der Waals surface area contributed by atoms with Gasteiger partial charge in [-0.25, -0.2) is 9.97 Å². The van der Waals surface area contributed by atoms with E-state index in [1.54, 1.807) is 0 Å². The molecular formula is C18H18ClN5. The molecule has 0 fully saturated rings. The Morgan fingerprint density at radius 1 is 0.792 bits per heavy atom. The fourth-order valence-electron chi connectivity index (χ4n) is 2.17. The van der Waals surface area contributed by atoms with Crippen LogP contribution in [0.3, 0.4) is 0 Å². The van der Waals surface area contributed by atoms with Crippen molar-refractivity contribution in [3.8, 4) is 0 Å². The number of rotatable bonds is 5. The summed E-state index contributed by atoms with van der Waals surface area (Å²) in [5.74, 6) is 1.43. The first-order valence-electron chi connectivity index (χ1n) is 7.49. The number of hydrogen-bond donors (Lipinski definition) is 2. The van der Waals surface area contributed by atoms with Crippen LogP contribution in [0.25, 0.3) is 0 Å². The van der Waals surface area contributed by atoms with Gasteiger partial charge in [0.1, 0.15) is 18.0 Å². The number of nitrogens with one attached hydrogen (secondary N) is 2. The zero-order valence-corrected chi connectivity index (χ0v) is 14.2. The summed E-state index contributed by atoms with van der Waals surface area (Å²) in [6.45, 7) is 0. The van der Waals surface area contributed by atoms with Crippen molar-refractivity contribution in [1.82, 2.24) is 9.97 Å².